The summed E-state index contributed by atoms with van der Waals surface area (Å²) in [5.74, 6) is 0. The Kier molecular flexibility index (Phi) is 78.0. The second kappa shape index (κ2) is 38.8. The van der Waals surface area contributed by atoms with Gasteiger partial charge in [-0.15, -0.1) is 0 Å². The van der Waals surface area contributed by atoms with Crippen LogP contribution in [0.2, 0.25) is 0 Å². The van der Waals surface area contributed by atoms with Gasteiger partial charge in [-0.3, -0.25) is 0 Å². The van der Waals surface area contributed by atoms with E-state index in [1.165, 1.54) is 0 Å². The molecule has 0 N–H and O–H groups in total. The summed E-state index contributed by atoms with van der Waals surface area (Å²) in [7, 11) is -14.3. The predicted molar refractivity (Wildman–Crippen MR) is 0 cm³/mol. The van der Waals surface area contributed by atoms with E-state index in [1.807, 2.05) is 0 Å². The molecular formula is Cl5NaO15Os. The molecule has 0 aliphatic heterocycles. The summed E-state index contributed by atoms with van der Waals surface area (Å²) in [6.07, 6.45) is 0. The molecule has 0 rings (SSSR count). The maximum atomic E-state index is 8.41. The minimum Gasteiger partial charge on any atom is -0.357 e. The van der Waals surface area contributed by atoms with Gasteiger partial charge in [0.25, 0.3) is 0 Å². The molecule has 0 spiro atoms. The monoisotopic (exact) mass is 630 g/mol. The molecule has 0 heterocycles. The zero-order valence-corrected chi connectivity index (χ0v) is 17.7. The van der Waals surface area contributed by atoms with Crippen molar-refractivity contribution in [3.8, 4) is 0 Å². The summed E-state index contributed by atoms with van der Waals surface area (Å²) < 4.78 is 126. The van der Waals surface area contributed by atoms with Crippen molar-refractivity contribution in [1.29, 1.82) is 0 Å². The summed E-state index contributed by atoms with van der Waals surface area (Å²) >= 11 is 0. The van der Waals surface area contributed by atoms with E-state index >= 15 is 0 Å². The van der Waals surface area contributed by atoms with E-state index in [0.717, 1.165) is 0 Å². The van der Waals surface area contributed by atoms with Gasteiger partial charge in [0.2, 0.25) is 0 Å². The van der Waals surface area contributed by atoms with E-state index in [1.54, 1.807) is 0 Å². The van der Waals surface area contributed by atoms with Crippen molar-refractivity contribution in [2.45, 2.75) is 0 Å². The molecule has 0 aliphatic carbocycles. The fraction of sp³-hybridized carbons (Fsp3) is 0. The molecule has 0 aromatic heterocycles. The van der Waals surface area contributed by atoms with Crippen molar-refractivity contribution < 1.29 is 173 Å². The normalized spacial score (nSPS) is 8.18. The predicted octanol–water partition coefficient (Wildman–Crippen LogP) is -20.8. The third-order valence-electron chi connectivity index (χ3n) is 0. The van der Waals surface area contributed by atoms with Gasteiger partial charge in [0.15, 0.2) is 0 Å². The quantitative estimate of drug-likeness (QED) is 0.224. The van der Waals surface area contributed by atoms with Crippen LogP contribution in [0.5, 0.6) is 0 Å². The van der Waals surface area contributed by atoms with Gasteiger partial charge < -0.3 is 69.9 Å². The van der Waals surface area contributed by atoms with E-state index in [9.17, 15) is 0 Å². The SMILES string of the molecule is [Na+].[O-][Cl+2]([O-])[O-].[O-][Cl+2]([O-])[O-].[O-][Cl+2]([O-])[O-].[O-][Cl+2]([O-])[O-].[O-][Cl+2]([O-])[O-].[Os+4]. The van der Waals surface area contributed by atoms with E-state index in [-0.39, 0.29) is 49.3 Å². The Balaban J connectivity index is -0.0000000250. The van der Waals surface area contributed by atoms with Gasteiger partial charge in [0, 0.05) is 0 Å². The molecule has 0 atom stereocenters. The van der Waals surface area contributed by atoms with Gasteiger partial charge in [0.1, 0.15) is 0 Å². The molecule has 0 aromatic carbocycles. The minimum absolute atomic E-state index is 0. The summed E-state index contributed by atoms with van der Waals surface area (Å²) in [4.78, 5) is 0. The average Bonchev–Trinajstić information content (AvgIpc) is 1.94. The molecular weight excluding hydrogens is 630 g/mol. The number of rotatable bonds is 0. The van der Waals surface area contributed by atoms with E-state index in [0.29, 0.717) is 0 Å². The molecule has 0 aromatic rings. The molecule has 22 heavy (non-hydrogen) atoms. The second-order valence-electron chi connectivity index (χ2n) is 0.945. The molecule has 0 aliphatic rings. The molecule has 0 bridgehead atoms. The standard InChI is InChI=1S/5ClO3.Na.Os/c5*2-1(3)4;;/q5*-1;+1;+4. The van der Waals surface area contributed by atoms with Crippen LogP contribution >= 0.6 is 0 Å². The second-order valence-corrected chi connectivity index (χ2v) is 2.83. The molecule has 0 unspecified atom stereocenters. The molecule has 22 heteroatoms. The van der Waals surface area contributed by atoms with Crippen LogP contribution in [0.25, 0.3) is 0 Å². The smallest absolute Gasteiger partial charge is 0.357 e. The molecule has 134 valence electrons. The first-order valence-corrected chi connectivity index (χ1v) is 6.94. The number of hydrogen-bond acceptors (Lipinski definition) is 15. The van der Waals surface area contributed by atoms with Crippen LogP contribution in [-0.4, -0.2) is 0 Å². The van der Waals surface area contributed by atoms with Crippen LogP contribution in [-0.2, 0) is 19.8 Å². The van der Waals surface area contributed by atoms with Crippen molar-refractivity contribution >= 4 is 0 Å². The number of hydrogen-bond donors (Lipinski definition) is 0. The van der Waals surface area contributed by atoms with Crippen molar-refractivity contribution in [3.63, 3.8) is 0 Å². The topological polar surface area (TPSA) is 346 Å². The first kappa shape index (κ1) is 44.2. The van der Waals surface area contributed by atoms with Crippen LogP contribution in [0.1, 0.15) is 0 Å². The van der Waals surface area contributed by atoms with E-state index < -0.39 is 53.9 Å². The largest absolute Gasteiger partial charge is 4.00 e. The minimum atomic E-state index is -2.85. The Morgan fingerprint density at radius 3 is 0.273 bits per heavy atom. The van der Waals surface area contributed by atoms with E-state index in [2.05, 4.69) is 0 Å². The third-order valence-corrected chi connectivity index (χ3v) is 0. The fourth-order valence-electron chi connectivity index (χ4n) is 0. The molecule has 0 amide bonds. The summed E-state index contributed by atoms with van der Waals surface area (Å²) in [6.45, 7) is 0. The molecule has 0 radical (unpaired) electrons. The van der Waals surface area contributed by atoms with E-state index in [4.69, 9.17) is 69.9 Å². The van der Waals surface area contributed by atoms with Crippen molar-refractivity contribution in [2.24, 2.45) is 0 Å². The Morgan fingerprint density at radius 2 is 0.273 bits per heavy atom. The summed E-state index contributed by atoms with van der Waals surface area (Å²) in [5.41, 5.74) is 0. The Labute approximate surface area is 172 Å². The van der Waals surface area contributed by atoms with Crippen LogP contribution in [0.15, 0.2) is 0 Å². The molecule has 0 fully saturated rings. The Bertz CT molecular complexity index is 86.5. The molecule has 15 nitrogen and oxygen atoms in total. The zero-order valence-electron chi connectivity index (χ0n) is 9.37. The van der Waals surface area contributed by atoms with Gasteiger partial charge in [-0.05, 0) is 0 Å². The Morgan fingerprint density at radius 1 is 0.273 bits per heavy atom. The fourth-order valence-corrected chi connectivity index (χ4v) is 0. The first-order valence-electron chi connectivity index (χ1n) is 2.31. The van der Waals surface area contributed by atoms with Gasteiger partial charge in [-0.2, -0.15) is 0 Å². The van der Waals surface area contributed by atoms with Crippen molar-refractivity contribution in [2.75, 3.05) is 0 Å². The maximum Gasteiger partial charge on any atom is 4.00 e. The summed E-state index contributed by atoms with van der Waals surface area (Å²) in [5, 5.41) is 0. The van der Waals surface area contributed by atoms with Crippen LogP contribution < -0.4 is 99.4 Å². The van der Waals surface area contributed by atoms with Crippen LogP contribution in [0.4, 0.5) is 0 Å². The molecule has 0 saturated heterocycles. The maximum absolute atomic E-state index is 8.41. The molecule has 0 saturated carbocycles. The van der Waals surface area contributed by atoms with Gasteiger partial charge in [-0.1, -0.05) is 0 Å². The number of halogens is 5. The Hall–Kier alpha value is 2.49. The summed E-state index contributed by atoms with van der Waals surface area (Å²) in [6, 6.07) is 0. The van der Waals surface area contributed by atoms with Gasteiger partial charge in [0.05, 0.1) is 53.9 Å². The third kappa shape index (κ3) is 1680. The van der Waals surface area contributed by atoms with Crippen LogP contribution in [0.3, 0.4) is 0 Å². The zero-order chi connectivity index (χ0) is 17.9. The average molecular weight is 630 g/mol. The van der Waals surface area contributed by atoms with Gasteiger partial charge in [-0.25, -0.2) is 0 Å². The first-order chi connectivity index (χ1) is 8.66. The van der Waals surface area contributed by atoms with Crippen LogP contribution in [0, 0.1) is 53.9 Å². The van der Waals surface area contributed by atoms with Crippen molar-refractivity contribution in [3.05, 3.63) is 0 Å². The van der Waals surface area contributed by atoms with Crippen molar-refractivity contribution in [1.82, 2.24) is 0 Å². The van der Waals surface area contributed by atoms with Gasteiger partial charge >= 0.3 is 49.3 Å².